The van der Waals surface area contributed by atoms with Crippen molar-refractivity contribution < 1.29 is 28.6 Å². The second kappa shape index (κ2) is 8.86. The fourth-order valence-electron chi connectivity index (χ4n) is 4.30. The summed E-state index contributed by atoms with van der Waals surface area (Å²) in [5.74, 6) is -3.19. The summed E-state index contributed by atoms with van der Waals surface area (Å²) >= 11 is 1.98. The van der Waals surface area contributed by atoms with Gasteiger partial charge in [0.2, 0.25) is 17.7 Å². The number of aromatic nitrogens is 1. The largest absolute Gasteiger partial charge is 0.504 e. The number of halogens is 1. The van der Waals surface area contributed by atoms with E-state index in [4.69, 9.17) is 4.74 Å². The smallest absolute Gasteiger partial charge is 0.308 e. The first-order valence-corrected chi connectivity index (χ1v) is 12.1. The number of amides is 3. The summed E-state index contributed by atoms with van der Waals surface area (Å²) in [5.41, 5.74) is 0.960. The van der Waals surface area contributed by atoms with Gasteiger partial charge in [-0.3, -0.25) is 29.1 Å². The van der Waals surface area contributed by atoms with E-state index in [1.54, 1.807) is 12.1 Å². The minimum atomic E-state index is -0.791. The van der Waals surface area contributed by atoms with Gasteiger partial charge in [0, 0.05) is 16.5 Å². The van der Waals surface area contributed by atoms with Crippen molar-refractivity contribution in [3.8, 4) is 11.5 Å². The Morgan fingerprint density at radius 1 is 1.17 bits per heavy atom. The number of imide groups is 1. The highest BCUT2D eigenvalue weighted by Gasteiger charge is 2.53. The molecule has 180 valence electrons. The van der Waals surface area contributed by atoms with E-state index >= 15 is 0 Å². The number of thiazole rings is 1. The Kier molecular flexibility index (Phi) is 5.85. The molecule has 2 aromatic carbocycles. The van der Waals surface area contributed by atoms with Crippen LogP contribution in [0.4, 0.5) is 10.1 Å². The summed E-state index contributed by atoms with van der Waals surface area (Å²) in [6.45, 7) is -0.326. The molecule has 3 heterocycles. The maximum atomic E-state index is 13.1. The van der Waals surface area contributed by atoms with Gasteiger partial charge in [0.05, 0.1) is 18.1 Å². The van der Waals surface area contributed by atoms with Crippen molar-refractivity contribution in [3.63, 3.8) is 0 Å². The highest BCUT2D eigenvalue weighted by molar-refractivity contribution is 8.00. The van der Waals surface area contributed by atoms with Crippen LogP contribution >= 0.6 is 23.1 Å². The first-order chi connectivity index (χ1) is 16.8. The average molecular weight is 516 g/mol. The summed E-state index contributed by atoms with van der Waals surface area (Å²) in [4.78, 5) is 51.1. The van der Waals surface area contributed by atoms with E-state index in [-0.39, 0.29) is 18.0 Å². The van der Waals surface area contributed by atoms with Gasteiger partial charge in [-0.1, -0.05) is 29.2 Å². The molecule has 2 aliphatic heterocycles. The molecule has 3 amide bonds. The average Bonchev–Trinajstić information content (AvgIpc) is 3.29. The van der Waals surface area contributed by atoms with E-state index in [9.17, 15) is 28.7 Å². The van der Waals surface area contributed by atoms with Crippen LogP contribution in [-0.2, 0) is 20.9 Å². The van der Waals surface area contributed by atoms with Crippen molar-refractivity contribution >= 4 is 46.5 Å². The number of fused-ring (bicyclic) bond motifs is 2. The zero-order chi connectivity index (χ0) is 24.9. The van der Waals surface area contributed by atoms with Crippen molar-refractivity contribution in [2.24, 2.45) is 5.92 Å². The second-order valence-corrected chi connectivity index (χ2v) is 10.1. The predicted molar refractivity (Wildman–Crippen MR) is 126 cm³/mol. The zero-order valence-corrected chi connectivity index (χ0v) is 19.7. The SMILES string of the molecule is COc1cc([C@@H]2c3sc(=O)n(CC(=O)Nc4ccc(F)cc4)c3SC3C(=O)NC(=O)C32)ccc1O. The Balaban J connectivity index is 1.55. The summed E-state index contributed by atoms with van der Waals surface area (Å²) in [6, 6.07) is 9.83. The number of nitrogens with one attached hydrogen (secondary N) is 2. The van der Waals surface area contributed by atoms with Gasteiger partial charge in [-0.25, -0.2) is 4.39 Å². The summed E-state index contributed by atoms with van der Waals surface area (Å²) in [6.07, 6.45) is 0. The van der Waals surface area contributed by atoms with Crippen molar-refractivity contribution in [1.29, 1.82) is 0 Å². The molecule has 5 rings (SSSR count). The molecule has 2 aliphatic rings. The molecule has 2 unspecified atom stereocenters. The molecule has 1 saturated heterocycles. The Labute approximate surface area is 205 Å². The first kappa shape index (κ1) is 23.1. The van der Waals surface area contributed by atoms with Gasteiger partial charge in [0.15, 0.2) is 11.5 Å². The zero-order valence-electron chi connectivity index (χ0n) is 18.1. The minimum absolute atomic E-state index is 0.0895. The number of rotatable bonds is 5. The fraction of sp³-hybridized carbons (Fsp3) is 0.217. The molecule has 35 heavy (non-hydrogen) atoms. The lowest BCUT2D eigenvalue weighted by atomic mass is 9.83. The number of aromatic hydroxyl groups is 1. The van der Waals surface area contributed by atoms with Crippen LogP contribution in [0, 0.1) is 11.7 Å². The van der Waals surface area contributed by atoms with Gasteiger partial charge >= 0.3 is 4.87 Å². The van der Waals surface area contributed by atoms with E-state index in [0.717, 1.165) is 23.1 Å². The molecule has 0 spiro atoms. The topological polar surface area (TPSA) is 127 Å². The monoisotopic (exact) mass is 515 g/mol. The molecule has 3 N–H and O–H groups in total. The number of ether oxygens (including phenoxy) is 1. The van der Waals surface area contributed by atoms with E-state index in [2.05, 4.69) is 10.6 Å². The third-order valence-electron chi connectivity index (χ3n) is 5.88. The quantitative estimate of drug-likeness (QED) is 0.445. The highest BCUT2D eigenvalue weighted by atomic mass is 32.2. The third-order valence-corrected chi connectivity index (χ3v) is 8.50. The minimum Gasteiger partial charge on any atom is -0.504 e. The van der Waals surface area contributed by atoms with Crippen molar-refractivity contribution in [2.45, 2.75) is 22.7 Å². The number of hydrogen-bond donors (Lipinski definition) is 3. The van der Waals surface area contributed by atoms with Gasteiger partial charge in [-0.05, 0) is 42.0 Å². The maximum absolute atomic E-state index is 13.1. The molecule has 0 radical (unpaired) electrons. The lowest BCUT2D eigenvalue weighted by Gasteiger charge is -2.31. The lowest BCUT2D eigenvalue weighted by Crippen LogP contribution is -2.32. The molecule has 0 bridgehead atoms. The highest BCUT2D eigenvalue weighted by Crippen LogP contribution is 2.52. The lowest BCUT2D eigenvalue weighted by molar-refractivity contribution is -0.126. The molecular formula is C23H18FN3O6S2. The van der Waals surface area contributed by atoms with Crippen molar-refractivity contribution in [1.82, 2.24) is 9.88 Å². The molecule has 0 saturated carbocycles. The molecule has 3 aromatic rings. The number of carbonyl (C=O) groups is 3. The van der Waals surface area contributed by atoms with Gasteiger partial charge in [0.25, 0.3) is 0 Å². The van der Waals surface area contributed by atoms with Gasteiger partial charge in [0.1, 0.15) is 17.6 Å². The van der Waals surface area contributed by atoms with Gasteiger partial charge < -0.3 is 15.2 Å². The molecule has 12 heteroatoms. The standard InChI is InChI=1S/C23H18FN3O6S2/c1-33-14-8-10(2-7-13(14)28)16-17-18(21(31)26-20(17)30)34-22-19(16)35-23(32)27(22)9-15(29)25-12-5-3-11(24)4-6-12/h2-8,16-18,28H,9H2,1H3,(H,25,29)(H,26,30,31)/t16-,17?,18?/m0/s1. The van der Waals surface area contributed by atoms with Gasteiger partial charge in [-0.15, -0.1) is 0 Å². The van der Waals surface area contributed by atoms with Crippen LogP contribution in [0.2, 0.25) is 0 Å². The number of benzene rings is 2. The number of nitrogens with zero attached hydrogens (tertiary/aromatic N) is 1. The number of phenols is 1. The summed E-state index contributed by atoms with van der Waals surface area (Å²) in [7, 11) is 1.39. The number of anilines is 1. The molecule has 1 aromatic heterocycles. The number of carbonyl (C=O) groups excluding carboxylic acids is 3. The van der Waals surface area contributed by atoms with Crippen molar-refractivity contribution in [3.05, 3.63) is 68.4 Å². The Bertz CT molecular complexity index is 1420. The van der Waals surface area contributed by atoms with Crippen LogP contribution in [0.5, 0.6) is 11.5 Å². The van der Waals surface area contributed by atoms with Crippen LogP contribution in [0.15, 0.2) is 52.3 Å². The molecule has 3 atom stereocenters. The summed E-state index contributed by atoms with van der Waals surface area (Å²) in [5, 5.41) is 14.6. The second-order valence-electron chi connectivity index (χ2n) is 8.01. The van der Waals surface area contributed by atoms with Crippen LogP contribution in [0.3, 0.4) is 0 Å². The first-order valence-electron chi connectivity index (χ1n) is 10.4. The van der Waals surface area contributed by atoms with Crippen LogP contribution in [-0.4, -0.2) is 39.8 Å². The number of thioether (sulfide) groups is 1. The summed E-state index contributed by atoms with van der Waals surface area (Å²) < 4.78 is 19.6. The Morgan fingerprint density at radius 3 is 2.63 bits per heavy atom. The van der Waals surface area contributed by atoms with E-state index in [0.29, 0.717) is 21.2 Å². The molecule has 1 fully saturated rings. The van der Waals surface area contributed by atoms with Crippen LogP contribution < -0.4 is 20.2 Å². The Morgan fingerprint density at radius 2 is 1.91 bits per heavy atom. The van der Waals surface area contributed by atoms with Gasteiger partial charge in [-0.2, -0.15) is 0 Å². The van der Waals surface area contributed by atoms with Crippen molar-refractivity contribution in [2.75, 3.05) is 12.4 Å². The number of hydrogen-bond acceptors (Lipinski definition) is 8. The molecule has 0 aliphatic carbocycles. The van der Waals surface area contributed by atoms with E-state index in [1.807, 2.05) is 0 Å². The molecule has 9 nitrogen and oxygen atoms in total. The van der Waals surface area contributed by atoms with Crippen LogP contribution in [0.1, 0.15) is 16.4 Å². The molecular weight excluding hydrogens is 497 g/mol. The fourth-order valence-corrected chi connectivity index (χ4v) is 7.04. The number of methoxy groups -OCH3 is 1. The third kappa shape index (κ3) is 4.08. The normalized spacial score (nSPS) is 20.7. The predicted octanol–water partition coefficient (Wildman–Crippen LogP) is 2.28. The maximum Gasteiger partial charge on any atom is 0.308 e. The van der Waals surface area contributed by atoms with E-state index in [1.165, 1.54) is 42.0 Å². The van der Waals surface area contributed by atoms with Crippen LogP contribution in [0.25, 0.3) is 0 Å². The van der Waals surface area contributed by atoms with E-state index < -0.39 is 45.5 Å². The number of phenolic OH excluding ortho intramolecular Hbond substituents is 1. The Hall–Kier alpha value is -3.64.